The molecule has 1 aliphatic heterocycles. The van der Waals surface area contributed by atoms with Crippen LogP contribution in [0.1, 0.15) is 18.1 Å². The SMILES string of the molecule is COc1cc(C=C2SC(=Nc3ccccc3)N([C@@H](C)C(=O)N[C@@H](Cc3ccc(O)cc3)C(N)=O)C2=O)cc(OC)c1O. The number of aromatic hydroxyl groups is 2. The molecule has 42 heavy (non-hydrogen) atoms. The molecule has 0 aliphatic carbocycles. The van der Waals surface area contributed by atoms with E-state index in [9.17, 15) is 24.6 Å². The van der Waals surface area contributed by atoms with Crippen molar-refractivity contribution in [1.29, 1.82) is 0 Å². The van der Waals surface area contributed by atoms with E-state index >= 15 is 0 Å². The highest BCUT2D eigenvalue weighted by atomic mass is 32.2. The highest BCUT2D eigenvalue weighted by molar-refractivity contribution is 8.18. The van der Waals surface area contributed by atoms with E-state index in [0.29, 0.717) is 16.8 Å². The second-order valence-electron chi connectivity index (χ2n) is 9.30. The fourth-order valence-corrected chi connectivity index (χ4v) is 5.24. The standard InChI is InChI=1S/C30H30N4O7S/c1-17(28(38)33-22(27(31)37)13-18-9-11-21(35)12-10-18)34-29(39)25(42-30(34)32-20-7-5-4-6-8-20)16-19-14-23(40-2)26(36)24(15-19)41-3/h4-12,14-17,22,35-36H,13H2,1-3H3,(H2,31,37)(H,33,38)/t17-,22-/m0/s1. The number of methoxy groups -OCH3 is 2. The van der Waals surface area contributed by atoms with Gasteiger partial charge < -0.3 is 30.7 Å². The van der Waals surface area contributed by atoms with Crippen molar-refractivity contribution in [1.82, 2.24) is 10.2 Å². The molecule has 0 spiro atoms. The summed E-state index contributed by atoms with van der Waals surface area (Å²) in [5.74, 6) is -1.65. The molecule has 5 N–H and O–H groups in total. The quantitative estimate of drug-likeness (QED) is 0.261. The van der Waals surface area contributed by atoms with Gasteiger partial charge in [0.1, 0.15) is 17.8 Å². The summed E-state index contributed by atoms with van der Waals surface area (Å²) in [6, 6.07) is 16.1. The van der Waals surface area contributed by atoms with Crippen LogP contribution in [0, 0.1) is 0 Å². The molecule has 1 heterocycles. The summed E-state index contributed by atoms with van der Waals surface area (Å²) >= 11 is 1.07. The first-order valence-corrected chi connectivity index (χ1v) is 13.6. The van der Waals surface area contributed by atoms with Crippen LogP contribution >= 0.6 is 11.8 Å². The summed E-state index contributed by atoms with van der Waals surface area (Å²) in [6.07, 6.45) is 1.68. The average molecular weight is 591 g/mol. The van der Waals surface area contributed by atoms with Gasteiger partial charge in [-0.1, -0.05) is 30.3 Å². The normalized spacial score (nSPS) is 16.4. The number of thioether (sulfide) groups is 1. The Morgan fingerprint density at radius 1 is 1.05 bits per heavy atom. The molecule has 2 atom stereocenters. The lowest BCUT2D eigenvalue weighted by atomic mass is 10.0. The van der Waals surface area contributed by atoms with Gasteiger partial charge in [-0.2, -0.15) is 0 Å². The van der Waals surface area contributed by atoms with Crippen molar-refractivity contribution in [2.75, 3.05) is 14.2 Å². The number of nitrogens with zero attached hydrogens (tertiary/aromatic N) is 2. The summed E-state index contributed by atoms with van der Waals surface area (Å²) in [4.78, 5) is 45.5. The Bertz CT molecular complexity index is 1520. The third kappa shape index (κ3) is 6.84. The maximum atomic E-state index is 13.7. The van der Waals surface area contributed by atoms with E-state index in [-0.39, 0.29) is 39.5 Å². The zero-order valence-corrected chi connectivity index (χ0v) is 23.9. The number of phenolic OH excluding ortho intramolecular Hbond substituents is 2. The fraction of sp³-hybridized carbons (Fsp3) is 0.200. The first kappa shape index (κ1) is 30.0. The molecule has 3 aromatic carbocycles. The van der Waals surface area contributed by atoms with Gasteiger partial charge in [0.05, 0.1) is 24.8 Å². The minimum atomic E-state index is -1.07. The Hall–Kier alpha value is -4.97. The van der Waals surface area contributed by atoms with E-state index in [1.54, 1.807) is 54.6 Å². The van der Waals surface area contributed by atoms with Crippen LogP contribution in [0.5, 0.6) is 23.0 Å². The maximum absolute atomic E-state index is 13.7. The van der Waals surface area contributed by atoms with Gasteiger partial charge >= 0.3 is 0 Å². The molecule has 1 aliphatic rings. The molecule has 0 radical (unpaired) electrons. The number of carbonyl (C=O) groups excluding carboxylic acids is 3. The lowest BCUT2D eigenvalue weighted by Gasteiger charge is -2.25. The Morgan fingerprint density at radius 3 is 2.24 bits per heavy atom. The number of nitrogens with one attached hydrogen (secondary N) is 1. The van der Waals surface area contributed by atoms with Crippen LogP contribution in [0.25, 0.3) is 6.08 Å². The Kier molecular flexibility index (Phi) is 9.38. The zero-order valence-electron chi connectivity index (χ0n) is 23.1. The molecule has 3 amide bonds. The number of amidine groups is 1. The molecule has 0 unspecified atom stereocenters. The molecule has 0 saturated carbocycles. The van der Waals surface area contributed by atoms with Crippen molar-refractivity contribution in [2.24, 2.45) is 10.7 Å². The lowest BCUT2D eigenvalue weighted by Crippen LogP contribution is -2.53. The Labute approximate surface area is 246 Å². The number of amides is 3. The van der Waals surface area contributed by atoms with Crippen LogP contribution in [0.3, 0.4) is 0 Å². The van der Waals surface area contributed by atoms with Gasteiger partial charge in [0.25, 0.3) is 5.91 Å². The van der Waals surface area contributed by atoms with E-state index in [0.717, 1.165) is 11.8 Å². The second-order valence-corrected chi connectivity index (χ2v) is 10.3. The number of ether oxygens (including phenoxy) is 2. The van der Waals surface area contributed by atoms with E-state index in [1.165, 1.54) is 38.2 Å². The first-order chi connectivity index (χ1) is 20.1. The van der Waals surface area contributed by atoms with Crippen LogP contribution in [-0.2, 0) is 20.8 Å². The highest BCUT2D eigenvalue weighted by Crippen LogP contribution is 2.40. The average Bonchev–Trinajstić information content (AvgIpc) is 3.28. The largest absolute Gasteiger partial charge is 0.508 e. The van der Waals surface area contributed by atoms with Crippen molar-refractivity contribution >= 4 is 46.4 Å². The number of primary amides is 1. The van der Waals surface area contributed by atoms with Crippen LogP contribution in [0.4, 0.5) is 5.69 Å². The van der Waals surface area contributed by atoms with Crippen molar-refractivity contribution in [2.45, 2.75) is 25.4 Å². The number of aliphatic imine (C=N–C) groups is 1. The van der Waals surface area contributed by atoms with Crippen LogP contribution < -0.4 is 20.5 Å². The van der Waals surface area contributed by atoms with Gasteiger partial charge in [-0.15, -0.1) is 0 Å². The summed E-state index contributed by atoms with van der Waals surface area (Å²) in [5, 5.41) is 22.7. The predicted octanol–water partition coefficient (Wildman–Crippen LogP) is 3.32. The molecule has 0 bridgehead atoms. The van der Waals surface area contributed by atoms with Gasteiger partial charge in [0.15, 0.2) is 16.7 Å². The highest BCUT2D eigenvalue weighted by Gasteiger charge is 2.40. The van der Waals surface area contributed by atoms with E-state index in [2.05, 4.69) is 10.3 Å². The van der Waals surface area contributed by atoms with Gasteiger partial charge in [0.2, 0.25) is 17.6 Å². The number of hydrogen-bond donors (Lipinski definition) is 4. The Morgan fingerprint density at radius 2 is 1.67 bits per heavy atom. The third-order valence-corrected chi connectivity index (χ3v) is 7.40. The van der Waals surface area contributed by atoms with Gasteiger partial charge in [-0.3, -0.25) is 19.3 Å². The summed E-state index contributed by atoms with van der Waals surface area (Å²) in [7, 11) is 2.79. The van der Waals surface area contributed by atoms with Crippen LogP contribution in [0.15, 0.2) is 76.6 Å². The molecule has 12 heteroatoms. The first-order valence-electron chi connectivity index (χ1n) is 12.8. The van der Waals surface area contributed by atoms with Gasteiger partial charge in [-0.05, 0) is 72.3 Å². The minimum Gasteiger partial charge on any atom is -0.508 e. The topological polar surface area (TPSA) is 164 Å². The molecule has 0 aromatic heterocycles. The maximum Gasteiger partial charge on any atom is 0.267 e. The molecule has 1 fully saturated rings. The number of carbonyl (C=O) groups is 3. The van der Waals surface area contributed by atoms with Crippen molar-refractivity contribution in [3.63, 3.8) is 0 Å². The number of para-hydroxylation sites is 1. The van der Waals surface area contributed by atoms with E-state index in [1.807, 2.05) is 6.07 Å². The van der Waals surface area contributed by atoms with Crippen molar-refractivity contribution < 1.29 is 34.1 Å². The monoisotopic (exact) mass is 590 g/mol. The van der Waals surface area contributed by atoms with Crippen LogP contribution in [0.2, 0.25) is 0 Å². The number of phenols is 2. The van der Waals surface area contributed by atoms with Gasteiger partial charge in [0, 0.05) is 6.42 Å². The molecule has 218 valence electrons. The molecule has 11 nitrogen and oxygen atoms in total. The van der Waals surface area contributed by atoms with Crippen LogP contribution in [-0.4, -0.2) is 64.3 Å². The number of benzene rings is 3. The molecular weight excluding hydrogens is 560 g/mol. The van der Waals surface area contributed by atoms with E-state index in [4.69, 9.17) is 15.2 Å². The summed E-state index contributed by atoms with van der Waals surface area (Å²) < 4.78 is 10.5. The molecule has 4 rings (SSSR count). The van der Waals surface area contributed by atoms with E-state index < -0.39 is 29.8 Å². The summed E-state index contributed by atoms with van der Waals surface area (Å²) in [6.45, 7) is 1.53. The van der Waals surface area contributed by atoms with Crippen molar-refractivity contribution in [3.8, 4) is 23.0 Å². The minimum absolute atomic E-state index is 0.0652. The lowest BCUT2D eigenvalue weighted by molar-refractivity contribution is -0.134. The van der Waals surface area contributed by atoms with Gasteiger partial charge in [-0.25, -0.2) is 4.99 Å². The predicted molar refractivity (Wildman–Crippen MR) is 160 cm³/mol. The zero-order chi connectivity index (χ0) is 30.4. The molecular formula is C30H30N4O7S. The summed E-state index contributed by atoms with van der Waals surface area (Å²) in [5.41, 5.74) is 7.34. The molecule has 3 aromatic rings. The third-order valence-electron chi connectivity index (χ3n) is 6.42. The number of nitrogens with two attached hydrogens (primary N) is 1. The van der Waals surface area contributed by atoms with Crippen molar-refractivity contribution in [3.05, 3.63) is 82.8 Å². The molecule has 1 saturated heterocycles. The smallest absolute Gasteiger partial charge is 0.267 e. The number of rotatable bonds is 10. The fourth-order valence-electron chi connectivity index (χ4n) is 4.17. The Balaban J connectivity index is 1.65. The second kappa shape index (κ2) is 13.1. The number of hydrogen-bond acceptors (Lipinski definition) is 9.